The van der Waals surface area contributed by atoms with Gasteiger partial charge < -0.3 is 9.88 Å². The first-order chi connectivity index (χ1) is 10.9. The maximum Gasteiger partial charge on any atom is 0.254 e. The van der Waals surface area contributed by atoms with E-state index in [0.717, 1.165) is 5.56 Å². The average Bonchev–Trinajstić information content (AvgIpc) is 2.51. The van der Waals surface area contributed by atoms with Crippen LogP contribution in [0, 0.1) is 6.92 Å². The number of nitrogens with zero attached hydrogens (tertiary/aromatic N) is 1. The van der Waals surface area contributed by atoms with E-state index in [1.807, 2.05) is 32.2 Å². The number of nitrogens with one attached hydrogen (secondary N) is 1. The fourth-order valence-corrected chi connectivity index (χ4v) is 2.91. The van der Waals surface area contributed by atoms with Crippen LogP contribution in [0.4, 0.5) is 0 Å². The molecule has 1 N–H and O–H groups in total. The fraction of sp³-hybridized carbons (Fsp3) is 0.333. The van der Waals surface area contributed by atoms with Gasteiger partial charge in [-0.25, -0.2) is 0 Å². The van der Waals surface area contributed by atoms with Gasteiger partial charge >= 0.3 is 0 Å². The first-order valence-corrected chi connectivity index (χ1v) is 8.78. The van der Waals surface area contributed by atoms with Gasteiger partial charge in [0.1, 0.15) is 0 Å². The maximum absolute atomic E-state index is 12.8. The molecule has 0 saturated carbocycles. The summed E-state index contributed by atoms with van der Waals surface area (Å²) in [7, 11) is 0. The van der Waals surface area contributed by atoms with E-state index in [1.165, 1.54) is 11.0 Å². The van der Waals surface area contributed by atoms with Crippen molar-refractivity contribution in [2.45, 2.75) is 38.3 Å². The van der Waals surface area contributed by atoms with Crippen LogP contribution in [0.25, 0.3) is 0 Å². The highest BCUT2D eigenvalue weighted by atomic mass is 32.2. The number of hydrogen-bond acceptors (Lipinski definition) is 3. The predicted octanol–water partition coefficient (Wildman–Crippen LogP) is 3.46. The number of carbonyl (C=O) groups excluding carboxylic acids is 1. The van der Waals surface area contributed by atoms with Crippen LogP contribution in [0.3, 0.4) is 0 Å². The third kappa shape index (κ3) is 4.48. The number of rotatable bonds is 5. The molecule has 0 radical (unpaired) electrons. The quantitative estimate of drug-likeness (QED) is 0.854. The molecule has 0 spiro atoms. The van der Waals surface area contributed by atoms with Crippen LogP contribution in [0.1, 0.15) is 35.5 Å². The van der Waals surface area contributed by atoms with E-state index >= 15 is 0 Å². The Morgan fingerprint density at radius 3 is 2.61 bits per heavy atom. The third-order valence-electron chi connectivity index (χ3n) is 3.60. The zero-order valence-corrected chi connectivity index (χ0v) is 14.7. The summed E-state index contributed by atoms with van der Waals surface area (Å²) in [6, 6.07) is 11.3. The molecule has 0 aliphatic heterocycles. The molecule has 2 aromatic rings. The summed E-state index contributed by atoms with van der Waals surface area (Å²) in [5, 5.41) is 0. The summed E-state index contributed by atoms with van der Waals surface area (Å²) in [5.74, 6) is -0.122. The Kier molecular flexibility index (Phi) is 5.66. The normalized spacial score (nSPS) is 10.8. The summed E-state index contributed by atoms with van der Waals surface area (Å²) < 4.78 is 0. The summed E-state index contributed by atoms with van der Waals surface area (Å²) >= 11 is 1.68. The van der Waals surface area contributed by atoms with Gasteiger partial charge in [-0.2, -0.15) is 0 Å². The molecule has 1 aromatic carbocycles. The summed E-state index contributed by atoms with van der Waals surface area (Å²) in [6.07, 6.45) is 2.03. The van der Waals surface area contributed by atoms with Crippen molar-refractivity contribution in [1.82, 2.24) is 9.88 Å². The van der Waals surface area contributed by atoms with Gasteiger partial charge in [-0.1, -0.05) is 12.1 Å². The number of aromatic amines is 1. The lowest BCUT2D eigenvalue weighted by Crippen LogP contribution is -2.37. The van der Waals surface area contributed by atoms with Crippen LogP contribution in [0.15, 0.2) is 46.1 Å². The van der Waals surface area contributed by atoms with Crippen LogP contribution in [0.5, 0.6) is 0 Å². The minimum absolute atomic E-state index is 0.0417. The SMILES string of the molecule is CSc1cccc(CN(C(=O)c2cc(C)[nH]c(=O)c2)C(C)C)c1. The van der Waals surface area contributed by atoms with Gasteiger partial charge in [0.15, 0.2) is 0 Å². The molecule has 23 heavy (non-hydrogen) atoms. The van der Waals surface area contributed by atoms with Crippen molar-refractivity contribution in [3.05, 3.63) is 63.6 Å². The largest absolute Gasteiger partial charge is 0.332 e. The molecule has 0 unspecified atom stereocenters. The molecule has 0 aliphatic rings. The van der Waals surface area contributed by atoms with Crippen molar-refractivity contribution in [3.63, 3.8) is 0 Å². The smallest absolute Gasteiger partial charge is 0.254 e. The Labute approximate surface area is 140 Å². The van der Waals surface area contributed by atoms with Crippen molar-refractivity contribution in [3.8, 4) is 0 Å². The number of aromatic nitrogens is 1. The van der Waals surface area contributed by atoms with E-state index in [2.05, 4.69) is 17.1 Å². The van der Waals surface area contributed by atoms with Crippen LogP contribution in [0.2, 0.25) is 0 Å². The first kappa shape index (κ1) is 17.3. The maximum atomic E-state index is 12.8. The Bertz CT molecular complexity index is 753. The van der Waals surface area contributed by atoms with Gasteiger partial charge in [0.05, 0.1) is 0 Å². The van der Waals surface area contributed by atoms with Gasteiger partial charge in [-0.15, -0.1) is 11.8 Å². The number of hydrogen-bond donors (Lipinski definition) is 1. The number of carbonyl (C=O) groups is 1. The molecule has 1 aromatic heterocycles. The zero-order chi connectivity index (χ0) is 17.0. The van der Waals surface area contributed by atoms with Gasteiger partial charge in [0.25, 0.3) is 5.91 Å². The van der Waals surface area contributed by atoms with Crippen LogP contribution >= 0.6 is 11.8 Å². The minimum Gasteiger partial charge on any atom is -0.332 e. The third-order valence-corrected chi connectivity index (χ3v) is 4.32. The molecule has 1 heterocycles. The topological polar surface area (TPSA) is 53.2 Å². The Balaban J connectivity index is 2.30. The molecule has 2 rings (SSSR count). The second kappa shape index (κ2) is 7.51. The number of aryl methyl sites for hydroxylation is 1. The van der Waals surface area contributed by atoms with Crippen molar-refractivity contribution in [1.29, 1.82) is 0 Å². The summed E-state index contributed by atoms with van der Waals surface area (Å²) in [4.78, 5) is 30.1. The Morgan fingerprint density at radius 1 is 1.26 bits per heavy atom. The van der Waals surface area contributed by atoms with Crippen molar-refractivity contribution < 1.29 is 4.79 Å². The molecule has 4 nitrogen and oxygen atoms in total. The lowest BCUT2D eigenvalue weighted by Gasteiger charge is -2.27. The molecule has 0 saturated heterocycles. The van der Waals surface area contributed by atoms with Gasteiger partial charge in [-0.05, 0) is 50.8 Å². The number of amides is 1. The molecule has 5 heteroatoms. The molecular weight excluding hydrogens is 308 g/mol. The molecule has 1 amide bonds. The van der Waals surface area contributed by atoms with Crippen molar-refractivity contribution in [2.75, 3.05) is 6.26 Å². The fourth-order valence-electron chi connectivity index (χ4n) is 2.43. The number of thioether (sulfide) groups is 1. The molecule has 122 valence electrons. The summed E-state index contributed by atoms with van der Waals surface area (Å²) in [5.41, 5.74) is 1.96. The van der Waals surface area contributed by atoms with E-state index < -0.39 is 0 Å². The Hall–Kier alpha value is -2.01. The highest BCUT2D eigenvalue weighted by Gasteiger charge is 2.20. The lowest BCUT2D eigenvalue weighted by atomic mass is 10.1. The van der Waals surface area contributed by atoms with Crippen LogP contribution < -0.4 is 5.56 Å². The van der Waals surface area contributed by atoms with Gasteiger partial charge in [0.2, 0.25) is 5.56 Å². The molecule has 0 bridgehead atoms. The van der Waals surface area contributed by atoms with E-state index in [1.54, 1.807) is 29.7 Å². The van der Waals surface area contributed by atoms with E-state index in [9.17, 15) is 9.59 Å². The van der Waals surface area contributed by atoms with E-state index in [-0.39, 0.29) is 17.5 Å². The van der Waals surface area contributed by atoms with Gasteiger partial charge in [-0.3, -0.25) is 9.59 Å². The number of pyridine rings is 1. The van der Waals surface area contributed by atoms with Crippen LogP contribution in [-0.2, 0) is 6.54 Å². The second-order valence-corrected chi connectivity index (χ2v) is 6.67. The average molecular weight is 330 g/mol. The molecule has 0 fully saturated rings. The second-order valence-electron chi connectivity index (χ2n) is 5.79. The summed E-state index contributed by atoms with van der Waals surface area (Å²) in [6.45, 7) is 6.27. The molecule has 0 aliphatic carbocycles. The highest BCUT2D eigenvalue weighted by Crippen LogP contribution is 2.19. The molecule has 0 atom stereocenters. The highest BCUT2D eigenvalue weighted by molar-refractivity contribution is 7.98. The van der Waals surface area contributed by atoms with Crippen molar-refractivity contribution >= 4 is 17.7 Å². The number of H-pyrrole nitrogens is 1. The monoisotopic (exact) mass is 330 g/mol. The zero-order valence-electron chi connectivity index (χ0n) is 13.9. The van der Waals surface area contributed by atoms with Gasteiger partial charge in [0, 0.05) is 34.8 Å². The lowest BCUT2D eigenvalue weighted by molar-refractivity contribution is 0.0690. The van der Waals surface area contributed by atoms with Crippen LogP contribution in [-0.4, -0.2) is 28.1 Å². The van der Waals surface area contributed by atoms with E-state index in [4.69, 9.17) is 0 Å². The Morgan fingerprint density at radius 2 is 2.00 bits per heavy atom. The van der Waals surface area contributed by atoms with Crippen molar-refractivity contribution in [2.24, 2.45) is 0 Å². The first-order valence-electron chi connectivity index (χ1n) is 7.55. The predicted molar refractivity (Wildman–Crippen MR) is 95.0 cm³/mol. The molecular formula is C18H22N2O2S. The minimum atomic E-state index is -0.249. The van der Waals surface area contributed by atoms with E-state index in [0.29, 0.717) is 17.8 Å². The number of benzene rings is 1. The standard InChI is InChI=1S/C18H22N2O2S/c1-12(2)20(11-14-6-5-7-16(9-14)23-4)18(22)15-8-13(3)19-17(21)10-15/h5-10,12H,11H2,1-4H3,(H,19,21).